The Balaban J connectivity index is 1.56. The van der Waals surface area contributed by atoms with Crippen molar-refractivity contribution in [2.45, 2.75) is 25.8 Å². The van der Waals surface area contributed by atoms with E-state index < -0.39 is 0 Å². The SMILES string of the molecule is COc1cccc(C(=O)N2CCC[C@@H]2c2cccc(Nc3cccc(C)n3)n2)c1. The molecule has 148 valence electrons. The van der Waals surface area contributed by atoms with E-state index >= 15 is 0 Å². The fourth-order valence-electron chi connectivity index (χ4n) is 3.69. The van der Waals surface area contributed by atoms with E-state index in [4.69, 9.17) is 9.72 Å². The third-order valence-corrected chi connectivity index (χ3v) is 5.09. The lowest BCUT2D eigenvalue weighted by Crippen LogP contribution is -2.31. The molecule has 2 aromatic heterocycles. The van der Waals surface area contributed by atoms with Crippen LogP contribution in [0.1, 0.15) is 40.6 Å². The van der Waals surface area contributed by atoms with Gasteiger partial charge >= 0.3 is 0 Å². The summed E-state index contributed by atoms with van der Waals surface area (Å²) in [6.07, 6.45) is 1.86. The van der Waals surface area contributed by atoms with Crippen LogP contribution >= 0.6 is 0 Å². The van der Waals surface area contributed by atoms with Crippen molar-refractivity contribution in [2.75, 3.05) is 19.0 Å². The number of hydrogen-bond acceptors (Lipinski definition) is 5. The Morgan fingerprint density at radius 2 is 1.83 bits per heavy atom. The normalized spacial score (nSPS) is 15.9. The number of likely N-dealkylation sites (tertiary alicyclic amines) is 1. The molecule has 0 spiro atoms. The number of aryl methyl sites for hydroxylation is 1. The highest BCUT2D eigenvalue weighted by Crippen LogP contribution is 2.33. The van der Waals surface area contributed by atoms with Crippen LogP contribution in [0.2, 0.25) is 0 Å². The predicted octanol–water partition coefficient (Wildman–Crippen LogP) is 4.51. The first kappa shape index (κ1) is 18.9. The van der Waals surface area contributed by atoms with Gasteiger partial charge in [0.15, 0.2) is 0 Å². The number of ether oxygens (including phenoxy) is 1. The van der Waals surface area contributed by atoms with Gasteiger partial charge in [-0.05, 0) is 62.2 Å². The van der Waals surface area contributed by atoms with E-state index in [9.17, 15) is 4.79 Å². The molecule has 0 unspecified atom stereocenters. The summed E-state index contributed by atoms with van der Waals surface area (Å²) in [5.74, 6) is 2.17. The second-order valence-corrected chi connectivity index (χ2v) is 7.13. The van der Waals surface area contributed by atoms with E-state index in [0.29, 0.717) is 11.3 Å². The molecule has 0 bridgehead atoms. The zero-order chi connectivity index (χ0) is 20.2. The molecular formula is C23H24N4O2. The molecule has 1 amide bonds. The summed E-state index contributed by atoms with van der Waals surface area (Å²) >= 11 is 0. The van der Waals surface area contributed by atoms with Crippen LogP contribution in [0.4, 0.5) is 11.6 Å². The van der Waals surface area contributed by atoms with Crippen LogP contribution in [0.15, 0.2) is 60.7 Å². The van der Waals surface area contributed by atoms with Crippen molar-refractivity contribution < 1.29 is 9.53 Å². The Kier molecular flexibility index (Phi) is 5.42. The number of amides is 1. The molecule has 1 aliphatic heterocycles. The summed E-state index contributed by atoms with van der Waals surface area (Å²) in [7, 11) is 1.60. The highest BCUT2D eigenvalue weighted by Gasteiger charge is 2.31. The second-order valence-electron chi connectivity index (χ2n) is 7.13. The van der Waals surface area contributed by atoms with Crippen LogP contribution in [0.3, 0.4) is 0 Å². The first-order valence-corrected chi connectivity index (χ1v) is 9.77. The van der Waals surface area contributed by atoms with Crippen molar-refractivity contribution in [3.8, 4) is 5.75 Å². The molecule has 1 aliphatic rings. The molecular weight excluding hydrogens is 364 g/mol. The van der Waals surface area contributed by atoms with Crippen LogP contribution in [-0.4, -0.2) is 34.4 Å². The minimum Gasteiger partial charge on any atom is -0.497 e. The Bertz CT molecular complexity index is 1020. The highest BCUT2D eigenvalue weighted by atomic mass is 16.5. The number of rotatable bonds is 5. The smallest absolute Gasteiger partial charge is 0.254 e. The monoisotopic (exact) mass is 388 g/mol. The number of benzene rings is 1. The number of nitrogens with zero attached hydrogens (tertiary/aromatic N) is 3. The summed E-state index contributed by atoms with van der Waals surface area (Å²) in [6.45, 7) is 2.68. The number of anilines is 2. The van der Waals surface area contributed by atoms with Crippen LogP contribution in [0, 0.1) is 6.92 Å². The lowest BCUT2D eigenvalue weighted by molar-refractivity contribution is 0.0732. The summed E-state index contributed by atoms with van der Waals surface area (Å²) in [5, 5.41) is 3.26. The molecule has 4 rings (SSSR count). The summed E-state index contributed by atoms with van der Waals surface area (Å²) in [6, 6.07) is 18.9. The van der Waals surface area contributed by atoms with Crippen molar-refractivity contribution in [2.24, 2.45) is 0 Å². The van der Waals surface area contributed by atoms with Crippen LogP contribution in [0.5, 0.6) is 5.75 Å². The standard InChI is InChI=1S/C23H24N4O2/c1-16-7-3-12-21(24-16)26-22-13-5-10-19(25-22)20-11-6-14-27(20)23(28)17-8-4-9-18(15-17)29-2/h3-5,7-10,12-13,15,20H,6,11,14H2,1-2H3,(H,24,25,26)/t20-/m1/s1. The molecule has 1 saturated heterocycles. The molecule has 0 saturated carbocycles. The fourth-order valence-corrected chi connectivity index (χ4v) is 3.69. The van der Waals surface area contributed by atoms with Gasteiger partial charge in [-0.15, -0.1) is 0 Å². The lowest BCUT2D eigenvalue weighted by atomic mass is 10.1. The van der Waals surface area contributed by atoms with Gasteiger partial charge in [-0.3, -0.25) is 4.79 Å². The number of aromatic nitrogens is 2. The van der Waals surface area contributed by atoms with E-state index in [1.54, 1.807) is 13.2 Å². The number of pyridine rings is 2. The predicted molar refractivity (Wildman–Crippen MR) is 112 cm³/mol. The minimum absolute atomic E-state index is 0.00640. The topological polar surface area (TPSA) is 67.3 Å². The maximum absolute atomic E-state index is 13.1. The molecule has 0 aliphatic carbocycles. The number of nitrogens with one attached hydrogen (secondary N) is 1. The molecule has 1 atom stereocenters. The van der Waals surface area contributed by atoms with Crippen molar-refractivity contribution in [1.29, 1.82) is 0 Å². The maximum Gasteiger partial charge on any atom is 0.254 e. The molecule has 3 heterocycles. The molecule has 6 nitrogen and oxygen atoms in total. The Morgan fingerprint density at radius 1 is 1.07 bits per heavy atom. The largest absolute Gasteiger partial charge is 0.497 e. The van der Waals surface area contributed by atoms with Crippen LogP contribution < -0.4 is 10.1 Å². The van der Waals surface area contributed by atoms with E-state index in [1.807, 2.05) is 66.4 Å². The van der Waals surface area contributed by atoms with E-state index in [1.165, 1.54) is 0 Å². The molecule has 0 radical (unpaired) electrons. The summed E-state index contributed by atoms with van der Waals surface area (Å²) in [4.78, 5) is 24.3. The molecule has 3 aromatic rings. The third kappa shape index (κ3) is 4.21. The maximum atomic E-state index is 13.1. The summed E-state index contributed by atoms with van der Waals surface area (Å²) < 4.78 is 5.26. The Morgan fingerprint density at radius 3 is 2.62 bits per heavy atom. The molecule has 29 heavy (non-hydrogen) atoms. The van der Waals surface area contributed by atoms with Gasteiger partial charge in [0.2, 0.25) is 0 Å². The molecule has 1 fully saturated rings. The van der Waals surface area contributed by atoms with E-state index in [0.717, 1.165) is 42.4 Å². The van der Waals surface area contributed by atoms with Crippen molar-refractivity contribution in [1.82, 2.24) is 14.9 Å². The number of methoxy groups -OCH3 is 1. The van der Waals surface area contributed by atoms with Crippen molar-refractivity contribution in [3.05, 3.63) is 77.6 Å². The number of hydrogen-bond donors (Lipinski definition) is 1. The average Bonchev–Trinajstić information content (AvgIpc) is 3.23. The van der Waals surface area contributed by atoms with Gasteiger partial charge in [0, 0.05) is 17.8 Å². The van der Waals surface area contributed by atoms with Crippen LogP contribution in [-0.2, 0) is 0 Å². The zero-order valence-electron chi connectivity index (χ0n) is 16.6. The minimum atomic E-state index is -0.0408. The highest BCUT2D eigenvalue weighted by molar-refractivity contribution is 5.95. The Labute approximate surface area is 170 Å². The fraction of sp³-hybridized carbons (Fsp3) is 0.261. The first-order chi connectivity index (χ1) is 14.1. The third-order valence-electron chi connectivity index (χ3n) is 5.09. The Hall–Kier alpha value is -3.41. The first-order valence-electron chi connectivity index (χ1n) is 9.77. The van der Waals surface area contributed by atoms with Gasteiger partial charge in [-0.25, -0.2) is 9.97 Å². The molecule has 6 heteroatoms. The van der Waals surface area contributed by atoms with Gasteiger partial charge in [0.25, 0.3) is 5.91 Å². The van der Waals surface area contributed by atoms with Gasteiger partial charge in [-0.2, -0.15) is 0 Å². The number of carbonyl (C=O) groups excluding carboxylic acids is 1. The van der Waals surface area contributed by atoms with Crippen LogP contribution in [0.25, 0.3) is 0 Å². The average molecular weight is 388 g/mol. The summed E-state index contributed by atoms with van der Waals surface area (Å²) in [5.41, 5.74) is 2.46. The quantitative estimate of drug-likeness (QED) is 0.696. The van der Waals surface area contributed by atoms with Gasteiger partial charge in [-0.1, -0.05) is 18.2 Å². The van der Waals surface area contributed by atoms with Gasteiger partial charge in [0.05, 0.1) is 18.8 Å². The molecule has 1 aromatic carbocycles. The lowest BCUT2D eigenvalue weighted by Gasteiger charge is -2.25. The van der Waals surface area contributed by atoms with Crippen molar-refractivity contribution in [3.63, 3.8) is 0 Å². The van der Waals surface area contributed by atoms with Crippen molar-refractivity contribution >= 4 is 17.5 Å². The van der Waals surface area contributed by atoms with Gasteiger partial charge in [0.1, 0.15) is 17.4 Å². The second kappa shape index (κ2) is 8.31. The van der Waals surface area contributed by atoms with E-state index in [2.05, 4.69) is 10.3 Å². The van der Waals surface area contributed by atoms with E-state index in [-0.39, 0.29) is 11.9 Å². The number of carbonyl (C=O) groups is 1. The molecule has 1 N–H and O–H groups in total. The zero-order valence-corrected chi connectivity index (χ0v) is 16.6. The van der Waals surface area contributed by atoms with Gasteiger partial charge < -0.3 is 15.0 Å².